The predicted octanol–water partition coefficient (Wildman–Crippen LogP) is 3.48. The number of nitrogens with two attached hydrogens (primary N) is 1. The van der Waals surface area contributed by atoms with Crippen molar-refractivity contribution in [2.24, 2.45) is 5.73 Å². The van der Waals surface area contributed by atoms with Gasteiger partial charge in [-0.25, -0.2) is 4.39 Å². The minimum absolute atomic E-state index is 0.267. The van der Waals surface area contributed by atoms with Gasteiger partial charge in [-0.1, -0.05) is 12.1 Å². The number of hydrogen-bond acceptors (Lipinski definition) is 3. The van der Waals surface area contributed by atoms with E-state index < -0.39 is 0 Å². The molecule has 0 spiro atoms. The minimum atomic E-state index is -0.301. The van der Waals surface area contributed by atoms with Crippen molar-refractivity contribution in [2.75, 3.05) is 13.7 Å². The van der Waals surface area contributed by atoms with Crippen molar-refractivity contribution in [1.29, 1.82) is 0 Å². The summed E-state index contributed by atoms with van der Waals surface area (Å²) in [5.74, 6) is 1.17. The van der Waals surface area contributed by atoms with Gasteiger partial charge in [0.15, 0.2) is 0 Å². The lowest BCUT2D eigenvalue weighted by Gasteiger charge is -2.14. The summed E-state index contributed by atoms with van der Waals surface area (Å²) in [7, 11) is 1.64. The third-order valence-electron chi connectivity index (χ3n) is 3.27. The molecule has 112 valence electrons. The van der Waals surface area contributed by atoms with E-state index in [1.165, 1.54) is 12.1 Å². The molecule has 3 nitrogen and oxygen atoms in total. The fourth-order valence-electron chi connectivity index (χ4n) is 2.08. The van der Waals surface area contributed by atoms with Crippen LogP contribution < -0.4 is 15.2 Å². The Balaban J connectivity index is 1.96. The highest BCUT2D eigenvalue weighted by atomic mass is 19.1. The Morgan fingerprint density at radius 1 is 1.14 bits per heavy atom. The number of rotatable bonds is 6. The van der Waals surface area contributed by atoms with E-state index in [1.54, 1.807) is 13.2 Å². The Kier molecular flexibility index (Phi) is 5.17. The molecule has 0 radical (unpaired) electrons. The van der Waals surface area contributed by atoms with Crippen LogP contribution in [-0.2, 0) is 6.42 Å². The summed E-state index contributed by atoms with van der Waals surface area (Å²) in [6.07, 6.45) is 0.764. The standard InChI is InChI=1S/C17H20FNO2/c1-12(19)16-11-14(18)5-8-17(16)21-10-9-13-3-6-15(20-2)7-4-13/h3-8,11-12H,9-10,19H2,1-2H3/t12-/m1/s1. The number of hydrogen-bond donors (Lipinski definition) is 1. The third-order valence-corrected chi connectivity index (χ3v) is 3.27. The van der Waals surface area contributed by atoms with Gasteiger partial charge in [-0.2, -0.15) is 0 Å². The van der Waals surface area contributed by atoms with Gasteiger partial charge in [0.1, 0.15) is 17.3 Å². The maximum atomic E-state index is 13.2. The van der Waals surface area contributed by atoms with Crippen LogP contribution in [-0.4, -0.2) is 13.7 Å². The average Bonchev–Trinajstić information content (AvgIpc) is 2.49. The van der Waals surface area contributed by atoms with Gasteiger partial charge in [-0.05, 0) is 42.8 Å². The lowest BCUT2D eigenvalue weighted by molar-refractivity contribution is 0.316. The molecule has 0 bridgehead atoms. The maximum absolute atomic E-state index is 13.2. The number of halogens is 1. The summed E-state index contributed by atoms with van der Waals surface area (Å²) in [6.45, 7) is 2.32. The first kappa shape index (κ1) is 15.3. The lowest BCUT2D eigenvalue weighted by Crippen LogP contribution is -2.10. The van der Waals surface area contributed by atoms with E-state index >= 15 is 0 Å². The molecule has 0 unspecified atom stereocenters. The second-order valence-corrected chi connectivity index (χ2v) is 4.92. The van der Waals surface area contributed by atoms with Gasteiger partial charge in [0.25, 0.3) is 0 Å². The first-order valence-electron chi connectivity index (χ1n) is 6.91. The summed E-state index contributed by atoms with van der Waals surface area (Å²) in [4.78, 5) is 0. The smallest absolute Gasteiger partial charge is 0.124 e. The van der Waals surface area contributed by atoms with Crippen LogP contribution in [0.25, 0.3) is 0 Å². The molecule has 0 aliphatic heterocycles. The summed E-state index contributed by atoms with van der Waals surface area (Å²) >= 11 is 0. The number of methoxy groups -OCH3 is 1. The zero-order chi connectivity index (χ0) is 15.2. The molecule has 0 aliphatic carbocycles. The second-order valence-electron chi connectivity index (χ2n) is 4.92. The highest BCUT2D eigenvalue weighted by Gasteiger charge is 2.09. The monoisotopic (exact) mass is 289 g/mol. The van der Waals surface area contributed by atoms with Gasteiger partial charge in [-0.3, -0.25) is 0 Å². The highest BCUT2D eigenvalue weighted by molar-refractivity contribution is 5.36. The molecule has 0 saturated carbocycles. The van der Waals surface area contributed by atoms with E-state index in [0.29, 0.717) is 17.9 Å². The highest BCUT2D eigenvalue weighted by Crippen LogP contribution is 2.25. The van der Waals surface area contributed by atoms with Crippen LogP contribution in [0.1, 0.15) is 24.1 Å². The molecule has 2 aromatic carbocycles. The van der Waals surface area contributed by atoms with Gasteiger partial charge in [0, 0.05) is 18.0 Å². The van der Waals surface area contributed by atoms with Crippen LogP contribution in [0.3, 0.4) is 0 Å². The van der Waals surface area contributed by atoms with E-state index in [1.807, 2.05) is 31.2 Å². The first-order chi connectivity index (χ1) is 10.1. The van der Waals surface area contributed by atoms with Crippen LogP contribution in [0.2, 0.25) is 0 Å². The van der Waals surface area contributed by atoms with E-state index in [-0.39, 0.29) is 11.9 Å². The third kappa shape index (κ3) is 4.20. The molecule has 0 aliphatic rings. The molecule has 1 atom stereocenters. The van der Waals surface area contributed by atoms with Crippen LogP contribution in [0.15, 0.2) is 42.5 Å². The van der Waals surface area contributed by atoms with Gasteiger partial charge in [0.05, 0.1) is 13.7 Å². The van der Waals surface area contributed by atoms with Crippen LogP contribution in [0.5, 0.6) is 11.5 Å². The van der Waals surface area contributed by atoms with Crippen molar-refractivity contribution in [3.8, 4) is 11.5 Å². The SMILES string of the molecule is COc1ccc(CCOc2ccc(F)cc2[C@@H](C)N)cc1. The molecule has 0 aromatic heterocycles. The van der Waals surface area contributed by atoms with Gasteiger partial charge in [0.2, 0.25) is 0 Å². The summed E-state index contributed by atoms with van der Waals surface area (Å²) in [5.41, 5.74) is 7.68. The molecule has 0 saturated heterocycles. The average molecular weight is 289 g/mol. The fourth-order valence-corrected chi connectivity index (χ4v) is 2.08. The first-order valence-corrected chi connectivity index (χ1v) is 6.91. The molecule has 0 fully saturated rings. The Bertz CT molecular complexity index is 582. The second kappa shape index (κ2) is 7.09. The van der Waals surface area contributed by atoms with Crippen molar-refractivity contribution in [3.63, 3.8) is 0 Å². The zero-order valence-electron chi connectivity index (χ0n) is 12.3. The van der Waals surface area contributed by atoms with E-state index in [0.717, 1.165) is 17.7 Å². The van der Waals surface area contributed by atoms with Crippen LogP contribution in [0, 0.1) is 5.82 Å². The van der Waals surface area contributed by atoms with Gasteiger partial charge in [-0.15, -0.1) is 0 Å². The molecular weight excluding hydrogens is 269 g/mol. The lowest BCUT2D eigenvalue weighted by atomic mass is 10.1. The Labute approximate surface area is 124 Å². The summed E-state index contributed by atoms with van der Waals surface area (Å²) in [5, 5.41) is 0. The van der Waals surface area contributed by atoms with Crippen molar-refractivity contribution < 1.29 is 13.9 Å². The van der Waals surface area contributed by atoms with Crippen LogP contribution >= 0.6 is 0 Å². The number of benzene rings is 2. The Morgan fingerprint density at radius 2 is 1.86 bits per heavy atom. The molecule has 2 aromatic rings. The van der Waals surface area contributed by atoms with E-state index in [4.69, 9.17) is 15.2 Å². The topological polar surface area (TPSA) is 44.5 Å². The van der Waals surface area contributed by atoms with Crippen molar-refractivity contribution in [3.05, 3.63) is 59.4 Å². The number of ether oxygens (including phenoxy) is 2. The molecule has 0 amide bonds. The van der Waals surface area contributed by atoms with Crippen molar-refractivity contribution in [1.82, 2.24) is 0 Å². The van der Waals surface area contributed by atoms with E-state index in [9.17, 15) is 4.39 Å². The van der Waals surface area contributed by atoms with Gasteiger partial charge < -0.3 is 15.2 Å². The van der Waals surface area contributed by atoms with Crippen molar-refractivity contribution in [2.45, 2.75) is 19.4 Å². The molecule has 0 heterocycles. The minimum Gasteiger partial charge on any atom is -0.497 e. The zero-order valence-corrected chi connectivity index (χ0v) is 12.3. The molecule has 21 heavy (non-hydrogen) atoms. The molecular formula is C17H20FNO2. The van der Waals surface area contributed by atoms with Gasteiger partial charge >= 0.3 is 0 Å². The maximum Gasteiger partial charge on any atom is 0.124 e. The predicted molar refractivity (Wildman–Crippen MR) is 81.2 cm³/mol. The quantitative estimate of drug-likeness (QED) is 0.885. The molecule has 2 N–H and O–H groups in total. The molecule has 2 rings (SSSR count). The summed E-state index contributed by atoms with van der Waals surface area (Å²) < 4.78 is 24.1. The largest absolute Gasteiger partial charge is 0.497 e. The molecule has 4 heteroatoms. The summed E-state index contributed by atoms with van der Waals surface area (Å²) in [6, 6.07) is 12.0. The van der Waals surface area contributed by atoms with Crippen LogP contribution in [0.4, 0.5) is 4.39 Å². The Hall–Kier alpha value is -2.07. The Morgan fingerprint density at radius 3 is 2.48 bits per heavy atom. The fraction of sp³-hybridized carbons (Fsp3) is 0.294. The normalized spacial score (nSPS) is 12.0. The van der Waals surface area contributed by atoms with Crippen molar-refractivity contribution >= 4 is 0 Å². The van der Waals surface area contributed by atoms with E-state index in [2.05, 4.69) is 0 Å².